The Labute approximate surface area is 120 Å². The molecule has 0 radical (unpaired) electrons. The van der Waals surface area contributed by atoms with E-state index in [0.29, 0.717) is 0 Å². The minimum absolute atomic E-state index is 0. The van der Waals surface area contributed by atoms with Crippen molar-refractivity contribution < 1.29 is 71.2 Å². The molecule has 0 aliphatic heterocycles. The molecular formula is C7H10BKO4. The largest absolute Gasteiger partial charge is 1.00 e. The second-order valence-electron chi connectivity index (χ2n) is 1.79. The second kappa shape index (κ2) is 10.7. The Morgan fingerprint density at radius 2 is 1.62 bits per heavy atom. The molecule has 0 bridgehead atoms. The SMILES string of the molecule is COc1cc[c-]cc1.OB(O)O.[K+]. The number of hydrogen-bond acceptors (Lipinski definition) is 4. The van der Waals surface area contributed by atoms with Crippen molar-refractivity contribution in [2.45, 2.75) is 0 Å². The van der Waals surface area contributed by atoms with Crippen LogP contribution in [-0.4, -0.2) is 29.5 Å². The standard InChI is InChI=1S/C7H7O.BH3O3.K/c1-8-7-5-3-2-4-6-7;2-1(3)4;/h3-6H,1H3;2-4H;/q-1;;+1. The molecule has 1 aromatic rings. The molecule has 0 aromatic heterocycles. The zero-order chi connectivity index (χ0) is 9.40. The van der Waals surface area contributed by atoms with Crippen molar-refractivity contribution in [1.29, 1.82) is 0 Å². The van der Waals surface area contributed by atoms with Crippen molar-refractivity contribution in [3.8, 4) is 5.75 Å². The molecule has 0 atom stereocenters. The van der Waals surface area contributed by atoms with Crippen LogP contribution in [0, 0.1) is 6.07 Å². The Hall–Kier alpha value is 0.601. The Balaban J connectivity index is 0. The first-order valence-corrected chi connectivity index (χ1v) is 3.21. The molecule has 0 saturated carbocycles. The molecule has 4 nitrogen and oxygen atoms in total. The molecule has 1 aromatic carbocycles. The monoisotopic (exact) mass is 208 g/mol. The van der Waals surface area contributed by atoms with Crippen LogP contribution in [0.1, 0.15) is 0 Å². The van der Waals surface area contributed by atoms with Gasteiger partial charge in [-0.3, -0.25) is 0 Å². The average molecular weight is 208 g/mol. The molecule has 6 heteroatoms. The first kappa shape index (κ1) is 16.0. The predicted octanol–water partition coefficient (Wildman–Crippen LogP) is -3.55. The van der Waals surface area contributed by atoms with E-state index in [4.69, 9.17) is 19.8 Å². The van der Waals surface area contributed by atoms with Crippen molar-refractivity contribution in [3.63, 3.8) is 0 Å². The molecular weight excluding hydrogens is 198 g/mol. The number of methoxy groups -OCH3 is 1. The molecule has 1 rings (SSSR count). The zero-order valence-corrected chi connectivity index (χ0v) is 10.8. The van der Waals surface area contributed by atoms with E-state index in [9.17, 15) is 0 Å². The molecule has 0 spiro atoms. The van der Waals surface area contributed by atoms with Crippen LogP contribution in [0.4, 0.5) is 0 Å². The summed E-state index contributed by atoms with van der Waals surface area (Å²) < 4.78 is 4.89. The van der Waals surface area contributed by atoms with Crippen LogP contribution in [0.3, 0.4) is 0 Å². The van der Waals surface area contributed by atoms with Gasteiger partial charge in [0.05, 0.1) is 7.11 Å². The van der Waals surface area contributed by atoms with Crippen molar-refractivity contribution >= 4 is 7.32 Å². The number of benzene rings is 1. The topological polar surface area (TPSA) is 69.9 Å². The van der Waals surface area contributed by atoms with Gasteiger partial charge in [-0.2, -0.15) is 18.2 Å². The Morgan fingerprint density at radius 3 is 1.85 bits per heavy atom. The fraction of sp³-hybridized carbons (Fsp3) is 0.143. The van der Waals surface area contributed by atoms with Crippen LogP contribution in [-0.2, 0) is 0 Å². The zero-order valence-electron chi connectivity index (χ0n) is 7.64. The maximum Gasteiger partial charge on any atom is 1.00 e. The van der Waals surface area contributed by atoms with Crippen LogP contribution in [0.25, 0.3) is 0 Å². The van der Waals surface area contributed by atoms with E-state index in [0.717, 1.165) is 5.75 Å². The van der Waals surface area contributed by atoms with Crippen molar-refractivity contribution in [1.82, 2.24) is 0 Å². The van der Waals surface area contributed by atoms with E-state index in [1.807, 2.05) is 24.3 Å². The summed E-state index contributed by atoms with van der Waals surface area (Å²) in [6.45, 7) is 0. The predicted molar refractivity (Wildman–Crippen MR) is 44.2 cm³/mol. The van der Waals surface area contributed by atoms with Crippen LogP contribution < -0.4 is 56.1 Å². The molecule has 13 heavy (non-hydrogen) atoms. The van der Waals surface area contributed by atoms with Gasteiger partial charge in [-0.05, 0) is 0 Å². The summed E-state index contributed by atoms with van der Waals surface area (Å²) in [5, 5.41) is 21.5. The van der Waals surface area contributed by atoms with Gasteiger partial charge in [0.25, 0.3) is 0 Å². The Bertz CT molecular complexity index is 192. The van der Waals surface area contributed by atoms with E-state index < -0.39 is 7.32 Å². The summed E-state index contributed by atoms with van der Waals surface area (Å²) in [5.41, 5.74) is 0. The molecule has 0 amide bonds. The molecule has 3 N–H and O–H groups in total. The molecule has 0 unspecified atom stereocenters. The quantitative estimate of drug-likeness (QED) is 0.330. The van der Waals surface area contributed by atoms with Gasteiger partial charge in [-0.25, -0.2) is 0 Å². The van der Waals surface area contributed by atoms with E-state index in [2.05, 4.69) is 6.07 Å². The second-order valence-corrected chi connectivity index (χ2v) is 1.79. The number of rotatable bonds is 1. The number of ether oxygens (including phenoxy) is 1. The van der Waals surface area contributed by atoms with Gasteiger partial charge in [-0.1, -0.05) is 0 Å². The third-order valence-electron chi connectivity index (χ3n) is 0.923. The van der Waals surface area contributed by atoms with Crippen LogP contribution in [0.5, 0.6) is 5.75 Å². The summed E-state index contributed by atoms with van der Waals surface area (Å²) in [5.74, 6) is 0.878. The van der Waals surface area contributed by atoms with Crippen molar-refractivity contribution in [3.05, 3.63) is 30.3 Å². The van der Waals surface area contributed by atoms with E-state index >= 15 is 0 Å². The maximum atomic E-state index is 7.17. The van der Waals surface area contributed by atoms with Gasteiger partial charge in [0.2, 0.25) is 0 Å². The molecule has 0 aliphatic carbocycles. The van der Waals surface area contributed by atoms with E-state index in [-0.39, 0.29) is 51.4 Å². The Morgan fingerprint density at radius 1 is 1.23 bits per heavy atom. The minimum atomic E-state index is -2.17. The fourth-order valence-corrected chi connectivity index (χ4v) is 0.508. The summed E-state index contributed by atoms with van der Waals surface area (Å²) in [6, 6.07) is 10.2. The smallest absolute Gasteiger partial charge is 0.522 e. The van der Waals surface area contributed by atoms with Gasteiger partial charge in [0.1, 0.15) is 0 Å². The van der Waals surface area contributed by atoms with Crippen LogP contribution in [0.15, 0.2) is 24.3 Å². The van der Waals surface area contributed by atoms with Gasteiger partial charge < -0.3 is 19.8 Å². The van der Waals surface area contributed by atoms with E-state index in [1.54, 1.807) is 7.11 Å². The molecule has 0 fully saturated rings. The van der Waals surface area contributed by atoms with Gasteiger partial charge in [0.15, 0.2) is 0 Å². The van der Waals surface area contributed by atoms with Gasteiger partial charge in [-0.15, -0.1) is 12.1 Å². The summed E-state index contributed by atoms with van der Waals surface area (Å²) >= 11 is 0. The maximum absolute atomic E-state index is 7.17. The molecule has 0 heterocycles. The van der Waals surface area contributed by atoms with Gasteiger partial charge in [0, 0.05) is 5.75 Å². The number of hydrogen-bond donors (Lipinski definition) is 3. The van der Waals surface area contributed by atoms with Crippen LogP contribution in [0.2, 0.25) is 0 Å². The fourth-order valence-electron chi connectivity index (χ4n) is 0.508. The molecule has 0 saturated heterocycles. The third-order valence-corrected chi connectivity index (χ3v) is 0.923. The average Bonchev–Trinajstić information content (AvgIpc) is 2.05. The van der Waals surface area contributed by atoms with E-state index in [1.165, 1.54) is 0 Å². The summed E-state index contributed by atoms with van der Waals surface area (Å²) in [4.78, 5) is 0. The van der Waals surface area contributed by atoms with Crippen molar-refractivity contribution in [2.24, 2.45) is 0 Å². The normalized spacial score (nSPS) is 7.38. The third kappa shape index (κ3) is 12.6. The minimum Gasteiger partial charge on any atom is -0.522 e. The van der Waals surface area contributed by atoms with Crippen molar-refractivity contribution in [2.75, 3.05) is 7.11 Å². The Kier molecular flexibility index (Phi) is 13.2. The first-order chi connectivity index (χ1) is 5.66. The molecule has 0 aliphatic rings. The summed E-state index contributed by atoms with van der Waals surface area (Å²) in [7, 11) is -0.519. The molecule has 66 valence electrons. The summed E-state index contributed by atoms with van der Waals surface area (Å²) in [6.07, 6.45) is 0. The van der Waals surface area contributed by atoms with Crippen LogP contribution >= 0.6 is 0 Å². The van der Waals surface area contributed by atoms with Gasteiger partial charge >= 0.3 is 58.7 Å². The first-order valence-electron chi connectivity index (χ1n) is 3.21.